The molecule has 1 fully saturated rings. The number of carbonyl (C=O) groups excluding carboxylic acids is 4. The average molecular weight is 429 g/mol. The Labute approximate surface area is 174 Å². The van der Waals surface area contributed by atoms with Gasteiger partial charge in [-0.1, -0.05) is 0 Å². The summed E-state index contributed by atoms with van der Waals surface area (Å²) in [5.74, 6) is -2.10. The number of urea groups is 1. The quantitative estimate of drug-likeness (QED) is 0.181. The lowest BCUT2D eigenvalue weighted by Gasteiger charge is -2.09. The first-order valence-electron chi connectivity index (χ1n) is 8.68. The van der Waals surface area contributed by atoms with Gasteiger partial charge in [-0.3, -0.25) is 24.6 Å². The van der Waals surface area contributed by atoms with Gasteiger partial charge in [0.25, 0.3) is 11.6 Å². The number of non-ortho nitro benzene ring substituents is 1. The molecule has 3 rings (SSSR count). The van der Waals surface area contributed by atoms with Crippen LogP contribution in [0.2, 0.25) is 0 Å². The van der Waals surface area contributed by atoms with Crippen molar-refractivity contribution in [3.05, 3.63) is 63.2 Å². The van der Waals surface area contributed by atoms with Crippen LogP contribution in [0.1, 0.15) is 28.8 Å². The number of benzene rings is 1. The van der Waals surface area contributed by atoms with Crippen LogP contribution in [0.5, 0.6) is 5.75 Å². The SMILES string of the molecule is COC(=O)c1ccc(CN2C(=O)NC(=Cc3cc([N+](=O)[O-])ccc3OC(C)=O)C2=O)o1. The second-order valence-corrected chi connectivity index (χ2v) is 6.21. The van der Waals surface area contributed by atoms with Gasteiger partial charge >= 0.3 is 18.0 Å². The summed E-state index contributed by atoms with van der Waals surface area (Å²) in [5.41, 5.74) is -0.457. The van der Waals surface area contributed by atoms with Gasteiger partial charge in [0.05, 0.1) is 18.6 Å². The number of nitrogens with zero attached hydrogens (tertiary/aromatic N) is 2. The Morgan fingerprint density at radius 3 is 2.65 bits per heavy atom. The lowest BCUT2D eigenvalue weighted by Crippen LogP contribution is -2.30. The summed E-state index contributed by atoms with van der Waals surface area (Å²) in [6.45, 7) is 0.874. The first kappa shape index (κ1) is 21.2. The number of hydrogen-bond donors (Lipinski definition) is 1. The molecule has 0 unspecified atom stereocenters. The smallest absolute Gasteiger partial charge is 0.373 e. The minimum absolute atomic E-state index is 0.0279. The van der Waals surface area contributed by atoms with Gasteiger partial charge in [-0.25, -0.2) is 9.59 Å². The molecular weight excluding hydrogens is 414 g/mol. The molecule has 0 saturated carbocycles. The van der Waals surface area contributed by atoms with Crippen LogP contribution in [-0.2, 0) is 20.9 Å². The molecule has 1 aliphatic heterocycles. The molecule has 12 nitrogen and oxygen atoms in total. The Hall–Kier alpha value is -4.48. The lowest BCUT2D eigenvalue weighted by molar-refractivity contribution is -0.384. The highest BCUT2D eigenvalue weighted by Gasteiger charge is 2.34. The molecule has 0 aliphatic carbocycles. The zero-order valence-electron chi connectivity index (χ0n) is 16.2. The number of nitro groups is 1. The van der Waals surface area contributed by atoms with E-state index < -0.39 is 28.8 Å². The normalized spacial score (nSPS) is 14.5. The number of nitro benzene ring substituents is 1. The summed E-state index contributed by atoms with van der Waals surface area (Å²) in [6.07, 6.45) is 1.16. The predicted octanol–water partition coefficient (Wildman–Crippen LogP) is 1.99. The van der Waals surface area contributed by atoms with E-state index in [0.717, 1.165) is 30.0 Å². The highest BCUT2D eigenvalue weighted by Crippen LogP contribution is 2.28. The number of amides is 3. The molecule has 0 bridgehead atoms. The Morgan fingerprint density at radius 1 is 1.26 bits per heavy atom. The Morgan fingerprint density at radius 2 is 2.00 bits per heavy atom. The largest absolute Gasteiger partial charge is 0.463 e. The Balaban J connectivity index is 1.88. The standard InChI is InChI=1S/C19H15N3O9/c1-10(23)30-15-5-3-12(22(27)28)7-11(15)8-14-17(24)21(19(26)20-14)9-13-4-6-16(31-13)18(25)29-2/h3-8H,9H2,1-2H3,(H,20,26). The van der Waals surface area contributed by atoms with Crippen LogP contribution in [-0.4, -0.2) is 40.8 Å². The van der Waals surface area contributed by atoms with Crippen LogP contribution in [0.25, 0.3) is 6.08 Å². The first-order valence-corrected chi connectivity index (χ1v) is 8.68. The van der Waals surface area contributed by atoms with Crippen LogP contribution < -0.4 is 10.1 Å². The maximum Gasteiger partial charge on any atom is 0.373 e. The van der Waals surface area contributed by atoms with Crippen molar-refractivity contribution in [2.45, 2.75) is 13.5 Å². The van der Waals surface area contributed by atoms with Gasteiger partial charge < -0.3 is 19.2 Å². The van der Waals surface area contributed by atoms with Crippen LogP contribution in [0.3, 0.4) is 0 Å². The van der Waals surface area contributed by atoms with E-state index in [9.17, 15) is 29.3 Å². The number of hydrogen-bond acceptors (Lipinski definition) is 9. The van der Waals surface area contributed by atoms with Crippen molar-refractivity contribution in [1.82, 2.24) is 10.2 Å². The number of methoxy groups -OCH3 is 1. The third-order valence-corrected chi connectivity index (χ3v) is 4.08. The number of rotatable bonds is 6. The van der Waals surface area contributed by atoms with E-state index in [1.54, 1.807) is 0 Å². The van der Waals surface area contributed by atoms with E-state index in [1.165, 1.54) is 25.3 Å². The topological polar surface area (TPSA) is 158 Å². The molecule has 1 aromatic carbocycles. The minimum atomic E-state index is -0.772. The second kappa shape index (κ2) is 8.49. The summed E-state index contributed by atoms with van der Waals surface area (Å²) in [4.78, 5) is 58.9. The summed E-state index contributed by atoms with van der Waals surface area (Å²) >= 11 is 0. The van der Waals surface area contributed by atoms with Gasteiger partial charge in [-0.05, 0) is 24.3 Å². The van der Waals surface area contributed by atoms with E-state index in [0.29, 0.717) is 0 Å². The van der Waals surface area contributed by atoms with Crippen molar-refractivity contribution in [2.75, 3.05) is 7.11 Å². The molecule has 1 aliphatic rings. The fourth-order valence-electron chi connectivity index (χ4n) is 2.71. The van der Waals surface area contributed by atoms with Crippen LogP contribution >= 0.6 is 0 Å². The number of esters is 2. The van der Waals surface area contributed by atoms with Gasteiger partial charge in [-0.2, -0.15) is 0 Å². The molecule has 2 heterocycles. The third kappa shape index (κ3) is 4.58. The second-order valence-electron chi connectivity index (χ2n) is 6.21. The van der Waals surface area contributed by atoms with Gasteiger partial charge in [0.1, 0.15) is 17.2 Å². The Kier molecular flexibility index (Phi) is 5.81. The van der Waals surface area contributed by atoms with Crippen LogP contribution in [0, 0.1) is 10.1 Å². The maximum atomic E-state index is 12.7. The Bertz CT molecular complexity index is 1130. The lowest BCUT2D eigenvalue weighted by atomic mass is 10.1. The third-order valence-electron chi connectivity index (χ3n) is 4.08. The number of imide groups is 1. The molecular formula is C19H15N3O9. The fraction of sp³-hybridized carbons (Fsp3) is 0.158. The minimum Gasteiger partial charge on any atom is -0.463 e. The zero-order valence-corrected chi connectivity index (χ0v) is 16.2. The molecule has 160 valence electrons. The van der Waals surface area contributed by atoms with E-state index in [2.05, 4.69) is 10.1 Å². The van der Waals surface area contributed by atoms with E-state index in [1.807, 2.05) is 0 Å². The van der Waals surface area contributed by atoms with Crippen molar-refractivity contribution >= 4 is 35.6 Å². The number of nitrogens with one attached hydrogen (secondary N) is 1. The van der Waals surface area contributed by atoms with E-state index in [-0.39, 0.29) is 40.8 Å². The molecule has 12 heteroatoms. The molecule has 1 saturated heterocycles. The fourth-order valence-corrected chi connectivity index (χ4v) is 2.71. The molecule has 31 heavy (non-hydrogen) atoms. The summed E-state index contributed by atoms with van der Waals surface area (Å²) in [6, 6.07) is 5.42. The maximum absolute atomic E-state index is 12.7. The summed E-state index contributed by atoms with van der Waals surface area (Å²) in [5, 5.41) is 13.4. The van der Waals surface area contributed by atoms with Crippen molar-refractivity contribution in [3.8, 4) is 5.75 Å². The van der Waals surface area contributed by atoms with Gasteiger partial charge in [0, 0.05) is 24.6 Å². The van der Waals surface area contributed by atoms with Crippen molar-refractivity contribution in [2.24, 2.45) is 0 Å². The van der Waals surface area contributed by atoms with Gasteiger partial charge in [0.15, 0.2) is 0 Å². The van der Waals surface area contributed by atoms with E-state index >= 15 is 0 Å². The number of carbonyl (C=O) groups is 4. The van der Waals surface area contributed by atoms with Gasteiger partial charge in [0.2, 0.25) is 5.76 Å². The zero-order chi connectivity index (χ0) is 22.7. The monoisotopic (exact) mass is 429 g/mol. The molecule has 1 N–H and O–H groups in total. The van der Waals surface area contributed by atoms with Crippen LogP contribution in [0.4, 0.5) is 10.5 Å². The molecule has 1 aromatic heterocycles. The summed E-state index contributed by atoms with van der Waals surface area (Å²) < 4.78 is 14.8. The van der Waals surface area contributed by atoms with Crippen molar-refractivity contribution < 1.29 is 38.0 Å². The van der Waals surface area contributed by atoms with Crippen molar-refractivity contribution in [1.29, 1.82) is 0 Å². The highest BCUT2D eigenvalue weighted by molar-refractivity contribution is 6.14. The molecule has 3 amide bonds. The molecule has 0 spiro atoms. The van der Waals surface area contributed by atoms with Crippen molar-refractivity contribution in [3.63, 3.8) is 0 Å². The first-order chi connectivity index (χ1) is 14.7. The highest BCUT2D eigenvalue weighted by atomic mass is 16.6. The van der Waals surface area contributed by atoms with E-state index in [4.69, 9.17) is 9.15 Å². The average Bonchev–Trinajstić information content (AvgIpc) is 3.28. The van der Waals surface area contributed by atoms with Gasteiger partial charge in [-0.15, -0.1) is 0 Å². The molecule has 0 atom stereocenters. The molecule has 0 radical (unpaired) electrons. The summed E-state index contributed by atoms with van der Waals surface area (Å²) in [7, 11) is 1.18. The number of furan rings is 1. The predicted molar refractivity (Wildman–Crippen MR) is 102 cm³/mol. The molecule has 2 aromatic rings. The van der Waals surface area contributed by atoms with Crippen LogP contribution in [0.15, 0.2) is 40.4 Å². The number of ether oxygens (including phenoxy) is 2.